The average molecular weight is 377 g/mol. The van der Waals surface area contributed by atoms with Crippen LogP contribution in [0, 0.1) is 0 Å². The lowest BCUT2D eigenvalue weighted by molar-refractivity contribution is -0.126. The molecule has 1 unspecified atom stereocenters. The second-order valence-electron chi connectivity index (χ2n) is 6.22. The fraction of sp³-hybridized carbons (Fsp3) is 0.190. The topological polar surface area (TPSA) is 58.2 Å². The zero-order valence-electron chi connectivity index (χ0n) is 14.9. The molecule has 0 saturated carbocycles. The molecule has 2 aromatic carbocycles. The molecule has 3 aromatic rings. The van der Waals surface area contributed by atoms with Crippen LogP contribution in [0.15, 0.2) is 75.5 Å². The van der Waals surface area contributed by atoms with Crippen LogP contribution >= 0.6 is 11.8 Å². The minimum atomic E-state index is -0.113. The van der Waals surface area contributed by atoms with Crippen LogP contribution in [-0.2, 0) is 11.3 Å². The van der Waals surface area contributed by atoms with Gasteiger partial charge in [-0.3, -0.25) is 9.69 Å². The van der Waals surface area contributed by atoms with Gasteiger partial charge in [-0.05, 0) is 34.9 Å². The van der Waals surface area contributed by atoms with Crippen molar-refractivity contribution in [1.29, 1.82) is 0 Å². The van der Waals surface area contributed by atoms with Gasteiger partial charge in [-0.25, -0.2) is 0 Å². The van der Waals surface area contributed by atoms with Gasteiger partial charge >= 0.3 is 0 Å². The molecule has 1 saturated heterocycles. The standard InChI is InChI=1S/C21H19N3O2S/c1-2-19-20(25)24(21(27-19)23-22-13-17-10-6-12-26-17)14-16-9-5-8-15-7-3-4-11-18(15)16/h3-13,19H,2,14H2,1H3/b22-13+,23-21+. The number of nitrogens with zero attached hydrogens (tertiary/aromatic N) is 3. The maximum atomic E-state index is 12.8. The van der Waals surface area contributed by atoms with E-state index in [1.54, 1.807) is 29.5 Å². The number of thioether (sulfide) groups is 1. The first kappa shape index (κ1) is 17.5. The van der Waals surface area contributed by atoms with Crippen LogP contribution in [0.2, 0.25) is 0 Å². The molecule has 6 heteroatoms. The van der Waals surface area contributed by atoms with Crippen LogP contribution in [0.5, 0.6) is 0 Å². The van der Waals surface area contributed by atoms with Crippen LogP contribution in [0.3, 0.4) is 0 Å². The van der Waals surface area contributed by atoms with Crippen molar-refractivity contribution >= 4 is 39.8 Å². The van der Waals surface area contributed by atoms with Crippen molar-refractivity contribution in [1.82, 2.24) is 4.90 Å². The van der Waals surface area contributed by atoms with Crippen molar-refractivity contribution in [2.75, 3.05) is 0 Å². The lowest BCUT2D eigenvalue weighted by atomic mass is 10.0. The Hall–Kier alpha value is -2.86. The molecule has 0 radical (unpaired) electrons. The first-order chi connectivity index (χ1) is 13.3. The molecule has 1 aliphatic heterocycles. The number of hydrogen-bond acceptors (Lipinski definition) is 5. The molecule has 1 atom stereocenters. The predicted octanol–water partition coefficient (Wildman–Crippen LogP) is 4.68. The molecular weight excluding hydrogens is 358 g/mol. The molecule has 4 rings (SSSR count). The molecule has 1 fully saturated rings. The van der Waals surface area contributed by atoms with Crippen LogP contribution in [-0.4, -0.2) is 27.4 Å². The van der Waals surface area contributed by atoms with Crippen molar-refractivity contribution in [2.45, 2.75) is 25.1 Å². The Balaban J connectivity index is 1.64. The van der Waals surface area contributed by atoms with E-state index in [2.05, 4.69) is 34.5 Å². The number of carbonyl (C=O) groups is 1. The summed E-state index contributed by atoms with van der Waals surface area (Å²) in [6.45, 7) is 2.50. The minimum Gasteiger partial charge on any atom is -0.463 e. The Bertz CT molecular complexity index is 1010. The number of furan rings is 1. The molecule has 2 heterocycles. The fourth-order valence-corrected chi connectivity index (χ4v) is 4.12. The summed E-state index contributed by atoms with van der Waals surface area (Å²) >= 11 is 1.47. The lowest BCUT2D eigenvalue weighted by Crippen LogP contribution is -2.31. The fourth-order valence-electron chi connectivity index (χ4n) is 3.09. The molecule has 5 nitrogen and oxygen atoms in total. The van der Waals surface area contributed by atoms with E-state index >= 15 is 0 Å². The van der Waals surface area contributed by atoms with E-state index in [-0.39, 0.29) is 11.2 Å². The second kappa shape index (κ2) is 7.80. The van der Waals surface area contributed by atoms with E-state index in [1.807, 2.05) is 25.1 Å². The predicted molar refractivity (Wildman–Crippen MR) is 110 cm³/mol. The summed E-state index contributed by atoms with van der Waals surface area (Å²) in [7, 11) is 0. The number of amidine groups is 1. The number of carbonyl (C=O) groups excluding carboxylic acids is 1. The summed E-state index contributed by atoms with van der Waals surface area (Å²) in [5.41, 5.74) is 1.10. The number of hydrogen-bond donors (Lipinski definition) is 0. The highest BCUT2D eigenvalue weighted by Gasteiger charge is 2.37. The number of benzene rings is 2. The summed E-state index contributed by atoms with van der Waals surface area (Å²) in [6.07, 6.45) is 3.89. The number of rotatable bonds is 5. The highest BCUT2D eigenvalue weighted by molar-refractivity contribution is 8.15. The zero-order chi connectivity index (χ0) is 18.6. The molecule has 0 bridgehead atoms. The van der Waals surface area contributed by atoms with Crippen LogP contribution in [0.25, 0.3) is 10.8 Å². The Morgan fingerprint density at radius 3 is 2.81 bits per heavy atom. The first-order valence-corrected chi connectivity index (χ1v) is 9.73. The second-order valence-corrected chi connectivity index (χ2v) is 7.39. The van der Waals surface area contributed by atoms with Crippen LogP contribution in [0.4, 0.5) is 0 Å². The molecule has 1 amide bonds. The van der Waals surface area contributed by atoms with Gasteiger partial charge in [0.05, 0.1) is 24.3 Å². The Morgan fingerprint density at radius 1 is 1.15 bits per heavy atom. The largest absolute Gasteiger partial charge is 0.463 e. The molecule has 0 aliphatic carbocycles. The minimum absolute atomic E-state index is 0.0855. The maximum Gasteiger partial charge on any atom is 0.242 e. The molecule has 0 N–H and O–H groups in total. The van der Waals surface area contributed by atoms with Crippen molar-refractivity contribution in [3.8, 4) is 0 Å². The zero-order valence-corrected chi connectivity index (χ0v) is 15.7. The Kier molecular flexibility index (Phi) is 5.07. The van der Waals surface area contributed by atoms with Gasteiger partial charge in [-0.15, -0.1) is 5.10 Å². The van der Waals surface area contributed by atoms with Crippen LogP contribution in [0.1, 0.15) is 24.7 Å². The van der Waals surface area contributed by atoms with Gasteiger partial charge in [-0.1, -0.05) is 61.2 Å². The van der Waals surface area contributed by atoms with E-state index < -0.39 is 0 Å². The highest BCUT2D eigenvalue weighted by Crippen LogP contribution is 2.32. The van der Waals surface area contributed by atoms with Crippen LogP contribution < -0.4 is 0 Å². The molecule has 136 valence electrons. The van der Waals surface area contributed by atoms with E-state index in [4.69, 9.17) is 4.42 Å². The van der Waals surface area contributed by atoms with E-state index in [0.717, 1.165) is 22.8 Å². The van der Waals surface area contributed by atoms with Crippen molar-refractivity contribution < 1.29 is 9.21 Å². The van der Waals surface area contributed by atoms with Gasteiger partial charge in [0.2, 0.25) is 5.91 Å². The highest BCUT2D eigenvalue weighted by atomic mass is 32.2. The Labute approximate surface area is 161 Å². The third-order valence-corrected chi connectivity index (χ3v) is 5.80. The van der Waals surface area contributed by atoms with Gasteiger partial charge in [0, 0.05) is 0 Å². The van der Waals surface area contributed by atoms with E-state index in [1.165, 1.54) is 11.8 Å². The lowest BCUT2D eigenvalue weighted by Gasteiger charge is -2.17. The number of fused-ring (bicyclic) bond motifs is 1. The van der Waals surface area contributed by atoms with Crippen molar-refractivity contribution in [2.24, 2.45) is 10.2 Å². The monoisotopic (exact) mass is 377 g/mol. The molecule has 0 spiro atoms. The number of amides is 1. The average Bonchev–Trinajstić information content (AvgIpc) is 3.31. The van der Waals surface area contributed by atoms with Gasteiger partial charge in [0.1, 0.15) is 5.76 Å². The van der Waals surface area contributed by atoms with Crippen molar-refractivity contribution in [3.05, 3.63) is 72.2 Å². The third-order valence-electron chi connectivity index (χ3n) is 4.47. The smallest absolute Gasteiger partial charge is 0.242 e. The molecular formula is C21H19N3O2S. The molecule has 27 heavy (non-hydrogen) atoms. The SMILES string of the molecule is CCC1S/C(=N/N=C/c2ccco2)N(Cc2cccc3ccccc23)C1=O. The van der Waals surface area contributed by atoms with Gasteiger partial charge in [0.15, 0.2) is 5.17 Å². The normalized spacial score (nSPS) is 19.0. The summed E-state index contributed by atoms with van der Waals surface area (Å²) < 4.78 is 5.23. The van der Waals surface area contributed by atoms with Crippen molar-refractivity contribution in [3.63, 3.8) is 0 Å². The quantitative estimate of drug-likeness (QED) is 0.479. The van der Waals surface area contributed by atoms with Gasteiger partial charge in [-0.2, -0.15) is 5.10 Å². The van der Waals surface area contributed by atoms with Gasteiger partial charge < -0.3 is 4.42 Å². The maximum absolute atomic E-state index is 12.8. The summed E-state index contributed by atoms with van der Waals surface area (Å²) in [5.74, 6) is 0.712. The summed E-state index contributed by atoms with van der Waals surface area (Å²) in [4.78, 5) is 14.6. The summed E-state index contributed by atoms with van der Waals surface area (Å²) in [5, 5.41) is 11.2. The van der Waals surface area contributed by atoms with E-state index in [9.17, 15) is 4.79 Å². The van der Waals surface area contributed by atoms with E-state index in [0.29, 0.717) is 17.5 Å². The van der Waals surface area contributed by atoms with Gasteiger partial charge in [0.25, 0.3) is 0 Å². The summed E-state index contributed by atoms with van der Waals surface area (Å²) in [6, 6.07) is 18.0. The first-order valence-electron chi connectivity index (χ1n) is 8.85. The Morgan fingerprint density at radius 2 is 2.00 bits per heavy atom. The third kappa shape index (κ3) is 3.66. The molecule has 1 aliphatic rings. The molecule has 1 aromatic heterocycles.